The zero-order chi connectivity index (χ0) is 8.70. The molecule has 1 heterocycles. The van der Waals surface area contributed by atoms with Crippen LogP contribution in [-0.2, 0) is 4.74 Å². The molecule has 0 aromatic carbocycles. The van der Waals surface area contributed by atoms with Crippen LogP contribution in [0, 0.1) is 5.92 Å². The Labute approximate surface area is 68.6 Å². The van der Waals surface area contributed by atoms with Gasteiger partial charge in [0, 0.05) is 6.42 Å². The van der Waals surface area contributed by atoms with Crippen molar-refractivity contribution in [2.45, 2.75) is 45.3 Å². The molecule has 2 nitrogen and oxygen atoms in total. The fourth-order valence-electron chi connectivity index (χ4n) is 1.87. The van der Waals surface area contributed by atoms with Crippen LogP contribution >= 0.6 is 0 Å². The molecular formula is C9H18O2. The van der Waals surface area contributed by atoms with Crippen molar-refractivity contribution in [3.8, 4) is 0 Å². The molecule has 1 aliphatic rings. The second-order valence-electron chi connectivity index (χ2n) is 4.19. The number of hydrogen-bond acceptors (Lipinski definition) is 2. The number of ether oxygens (including phenoxy) is 1. The molecule has 1 fully saturated rings. The molecule has 1 saturated heterocycles. The molecule has 0 aliphatic carbocycles. The first-order valence-electron chi connectivity index (χ1n) is 4.26. The zero-order valence-corrected chi connectivity index (χ0v) is 7.85. The summed E-state index contributed by atoms with van der Waals surface area (Å²) in [6, 6.07) is 0. The molecule has 2 heteroatoms. The molecule has 1 N–H and O–H groups in total. The lowest BCUT2D eigenvalue weighted by atomic mass is 9.77. The van der Waals surface area contributed by atoms with E-state index >= 15 is 0 Å². The fourth-order valence-corrected chi connectivity index (χ4v) is 1.87. The molecule has 1 unspecified atom stereocenters. The summed E-state index contributed by atoms with van der Waals surface area (Å²) in [5.74, 6) is 0.264. The van der Waals surface area contributed by atoms with E-state index in [1.807, 2.05) is 27.7 Å². The highest BCUT2D eigenvalue weighted by atomic mass is 16.5. The number of hydrogen-bond donors (Lipinski definition) is 1. The summed E-state index contributed by atoms with van der Waals surface area (Å²) in [7, 11) is 0. The lowest BCUT2D eigenvalue weighted by Crippen LogP contribution is -2.50. The van der Waals surface area contributed by atoms with E-state index in [1.54, 1.807) is 0 Å². The maximum absolute atomic E-state index is 10.2. The predicted molar refractivity (Wildman–Crippen MR) is 44.4 cm³/mol. The van der Waals surface area contributed by atoms with E-state index in [9.17, 15) is 5.11 Å². The van der Waals surface area contributed by atoms with Gasteiger partial charge in [-0.3, -0.25) is 0 Å². The van der Waals surface area contributed by atoms with Crippen molar-refractivity contribution in [3.05, 3.63) is 0 Å². The van der Waals surface area contributed by atoms with E-state index < -0.39 is 5.60 Å². The van der Waals surface area contributed by atoms with Crippen LogP contribution in [0.5, 0.6) is 0 Å². The Hall–Kier alpha value is -0.0800. The van der Waals surface area contributed by atoms with Crippen molar-refractivity contribution in [1.29, 1.82) is 0 Å². The van der Waals surface area contributed by atoms with E-state index in [4.69, 9.17) is 4.74 Å². The largest absolute Gasteiger partial charge is 0.387 e. The molecule has 1 atom stereocenters. The Morgan fingerprint density at radius 2 is 1.91 bits per heavy atom. The van der Waals surface area contributed by atoms with Gasteiger partial charge in [-0.15, -0.1) is 0 Å². The molecule has 0 bridgehead atoms. The molecule has 0 amide bonds. The van der Waals surface area contributed by atoms with Gasteiger partial charge in [0.15, 0.2) is 0 Å². The summed E-state index contributed by atoms with van der Waals surface area (Å²) >= 11 is 0. The molecule has 66 valence electrons. The predicted octanol–water partition coefficient (Wildman–Crippen LogP) is 1.57. The van der Waals surface area contributed by atoms with Gasteiger partial charge in [0.2, 0.25) is 0 Å². The van der Waals surface area contributed by atoms with E-state index in [-0.39, 0.29) is 11.5 Å². The summed E-state index contributed by atoms with van der Waals surface area (Å²) < 4.78 is 5.47. The van der Waals surface area contributed by atoms with Crippen molar-refractivity contribution in [2.24, 2.45) is 5.92 Å². The molecule has 1 rings (SSSR count). The molecule has 0 spiro atoms. The summed E-state index contributed by atoms with van der Waals surface area (Å²) in [6.07, 6.45) is 0.762. The minimum absolute atomic E-state index is 0.264. The van der Waals surface area contributed by atoms with Crippen LogP contribution in [-0.4, -0.2) is 22.9 Å². The Kier molecular flexibility index (Phi) is 2.01. The topological polar surface area (TPSA) is 29.5 Å². The quantitative estimate of drug-likeness (QED) is 0.627. The van der Waals surface area contributed by atoms with Gasteiger partial charge in [0.1, 0.15) is 0 Å². The van der Waals surface area contributed by atoms with Crippen molar-refractivity contribution >= 4 is 0 Å². The van der Waals surface area contributed by atoms with Crippen molar-refractivity contribution in [2.75, 3.05) is 6.61 Å². The third-order valence-electron chi connectivity index (χ3n) is 2.94. The van der Waals surface area contributed by atoms with Gasteiger partial charge in [-0.2, -0.15) is 0 Å². The standard InChI is InChI=1S/C9H18O2/c1-7(2)9(10)5-6-11-8(9,3)4/h7,10H,5-6H2,1-4H3. The average molecular weight is 158 g/mol. The Morgan fingerprint density at radius 3 is 2.09 bits per heavy atom. The highest BCUT2D eigenvalue weighted by molar-refractivity contribution is 5.01. The molecule has 0 aromatic heterocycles. The third-order valence-corrected chi connectivity index (χ3v) is 2.94. The first-order valence-corrected chi connectivity index (χ1v) is 4.26. The lowest BCUT2D eigenvalue weighted by molar-refractivity contribution is -0.121. The first kappa shape index (κ1) is 9.01. The van der Waals surface area contributed by atoms with Crippen molar-refractivity contribution in [3.63, 3.8) is 0 Å². The molecular weight excluding hydrogens is 140 g/mol. The monoisotopic (exact) mass is 158 g/mol. The first-order chi connectivity index (χ1) is 4.90. The Morgan fingerprint density at radius 1 is 1.36 bits per heavy atom. The van der Waals surface area contributed by atoms with Crippen LogP contribution in [0.1, 0.15) is 34.1 Å². The number of aliphatic hydroxyl groups is 1. The van der Waals surface area contributed by atoms with Crippen LogP contribution in [0.15, 0.2) is 0 Å². The van der Waals surface area contributed by atoms with E-state index in [0.717, 1.165) is 6.42 Å². The molecule has 0 aromatic rings. The SMILES string of the molecule is CC(C)C1(O)CCOC1(C)C. The van der Waals surface area contributed by atoms with Crippen molar-refractivity contribution in [1.82, 2.24) is 0 Å². The minimum atomic E-state index is -0.632. The van der Waals surface area contributed by atoms with E-state index in [1.165, 1.54) is 0 Å². The van der Waals surface area contributed by atoms with E-state index in [2.05, 4.69) is 0 Å². The van der Waals surface area contributed by atoms with Crippen LogP contribution in [0.4, 0.5) is 0 Å². The van der Waals surface area contributed by atoms with E-state index in [0.29, 0.717) is 6.61 Å². The molecule has 0 radical (unpaired) electrons. The van der Waals surface area contributed by atoms with Crippen molar-refractivity contribution < 1.29 is 9.84 Å². The van der Waals surface area contributed by atoms with Gasteiger partial charge in [-0.25, -0.2) is 0 Å². The summed E-state index contributed by atoms with van der Waals surface area (Å²) in [5.41, 5.74) is -1.01. The maximum atomic E-state index is 10.2. The van der Waals surface area contributed by atoms with Gasteiger partial charge < -0.3 is 9.84 Å². The van der Waals surface area contributed by atoms with Crippen LogP contribution in [0.3, 0.4) is 0 Å². The maximum Gasteiger partial charge on any atom is 0.0975 e. The van der Waals surface area contributed by atoms with Gasteiger partial charge in [-0.05, 0) is 19.8 Å². The van der Waals surface area contributed by atoms with Crippen LogP contribution < -0.4 is 0 Å². The highest BCUT2D eigenvalue weighted by Gasteiger charge is 2.50. The molecule has 1 aliphatic heterocycles. The summed E-state index contributed by atoms with van der Waals surface area (Å²) in [4.78, 5) is 0. The second kappa shape index (κ2) is 2.46. The van der Waals surface area contributed by atoms with Gasteiger partial charge in [0.25, 0.3) is 0 Å². The Balaban J connectivity index is 2.84. The van der Waals surface area contributed by atoms with Crippen LogP contribution in [0.25, 0.3) is 0 Å². The van der Waals surface area contributed by atoms with Crippen LogP contribution in [0.2, 0.25) is 0 Å². The normalized spacial score (nSPS) is 36.5. The zero-order valence-electron chi connectivity index (χ0n) is 7.85. The highest BCUT2D eigenvalue weighted by Crippen LogP contribution is 2.40. The summed E-state index contributed by atoms with van der Waals surface area (Å²) in [5, 5.41) is 10.2. The molecule has 11 heavy (non-hydrogen) atoms. The average Bonchev–Trinajstić information content (AvgIpc) is 2.09. The fraction of sp³-hybridized carbons (Fsp3) is 1.00. The Bertz CT molecular complexity index is 152. The van der Waals surface area contributed by atoms with Gasteiger partial charge in [0.05, 0.1) is 17.8 Å². The van der Waals surface area contributed by atoms with Gasteiger partial charge >= 0.3 is 0 Å². The lowest BCUT2D eigenvalue weighted by Gasteiger charge is -2.38. The molecule has 0 saturated carbocycles. The second-order valence-corrected chi connectivity index (χ2v) is 4.19. The number of rotatable bonds is 1. The smallest absolute Gasteiger partial charge is 0.0975 e. The third kappa shape index (κ3) is 1.18. The summed E-state index contributed by atoms with van der Waals surface area (Å²) in [6.45, 7) is 8.68. The van der Waals surface area contributed by atoms with Gasteiger partial charge in [-0.1, -0.05) is 13.8 Å². The minimum Gasteiger partial charge on any atom is -0.387 e.